The summed E-state index contributed by atoms with van der Waals surface area (Å²) in [6.45, 7) is 4.43. The molecule has 0 N–H and O–H groups in total. The lowest BCUT2D eigenvalue weighted by Gasteiger charge is -2.12. The van der Waals surface area contributed by atoms with Gasteiger partial charge in [0.1, 0.15) is 5.76 Å². The van der Waals surface area contributed by atoms with Crippen LogP contribution in [0.15, 0.2) is 24.0 Å². The minimum atomic E-state index is -0.424. The van der Waals surface area contributed by atoms with Crippen molar-refractivity contribution in [2.24, 2.45) is 0 Å². The Morgan fingerprint density at radius 3 is 2.30 bits per heavy atom. The fourth-order valence-electron chi connectivity index (χ4n) is 2.24. The number of carbonyl (C=O) groups is 3. The van der Waals surface area contributed by atoms with Crippen molar-refractivity contribution in [1.29, 1.82) is 0 Å². The fraction of sp³-hybridized carbons (Fsp3) is 0.267. The zero-order chi connectivity index (χ0) is 15.0. The number of allylic oxidation sites excluding steroid dienone is 1. The van der Waals surface area contributed by atoms with Gasteiger partial charge in [0, 0.05) is 18.1 Å². The van der Waals surface area contributed by atoms with Crippen LogP contribution in [0.4, 0.5) is 5.69 Å². The third kappa shape index (κ3) is 2.01. The highest BCUT2D eigenvalue weighted by molar-refractivity contribution is 6.40. The summed E-state index contributed by atoms with van der Waals surface area (Å²) in [6.07, 6.45) is 0. The summed E-state index contributed by atoms with van der Waals surface area (Å²) in [5.41, 5.74) is 1.85. The summed E-state index contributed by atoms with van der Waals surface area (Å²) in [5.74, 6) is -0.477. The number of rotatable bonds is 2. The van der Waals surface area contributed by atoms with Crippen LogP contribution in [-0.2, 0) is 14.3 Å². The van der Waals surface area contributed by atoms with Crippen molar-refractivity contribution in [3.63, 3.8) is 0 Å². The molecule has 0 unspecified atom stereocenters. The Bertz CT molecular complexity index is 658. The molecule has 104 valence electrons. The van der Waals surface area contributed by atoms with Gasteiger partial charge in [-0.25, -0.2) is 4.90 Å². The Balaban J connectivity index is 2.74. The van der Waals surface area contributed by atoms with E-state index >= 15 is 0 Å². The first kappa shape index (κ1) is 14.0. The van der Waals surface area contributed by atoms with Gasteiger partial charge in [-0.1, -0.05) is 0 Å². The molecular formula is C15H15NO4. The van der Waals surface area contributed by atoms with E-state index in [0.717, 1.165) is 4.90 Å². The molecule has 0 aliphatic carbocycles. The zero-order valence-electron chi connectivity index (χ0n) is 11.8. The molecule has 1 aromatic rings. The lowest BCUT2D eigenvalue weighted by Crippen LogP contribution is -2.31. The molecule has 5 heteroatoms. The molecule has 0 radical (unpaired) electrons. The minimum absolute atomic E-state index is 0.101. The molecule has 0 aromatic heterocycles. The van der Waals surface area contributed by atoms with Gasteiger partial charge in [0.25, 0.3) is 5.91 Å². The maximum atomic E-state index is 12.4. The summed E-state index contributed by atoms with van der Waals surface area (Å²) in [6, 6.07) is 4.84. The van der Waals surface area contributed by atoms with Crippen molar-refractivity contribution in [3.8, 4) is 0 Å². The number of fused-ring (bicyclic) bond motifs is 1. The quantitative estimate of drug-likeness (QED) is 0.470. The Morgan fingerprint density at radius 2 is 1.80 bits per heavy atom. The Hall–Kier alpha value is -2.43. The predicted octanol–water partition coefficient (Wildman–Crippen LogP) is 2.16. The highest BCUT2D eigenvalue weighted by Gasteiger charge is 2.37. The van der Waals surface area contributed by atoms with E-state index in [1.54, 1.807) is 25.1 Å². The van der Waals surface area contributed by atoms with Crippen molar-refractivity contribution < 1.29 is 19.1 Å². The smallest absolute Gasteiger partial charge is 0.269 e. The first-order chi connectivity index (χ1) is 9.38. The largest absolute Gasteiger partial charge is 0.501 e. The van der Waals surface area contributed by atoms with Gasteiger partial charge in [0.2, 0.25) is 5.91 Å². The van der Waals surface area contributed by atoms with Crippen LogP contribution >= 0.6 is 0 Å². The number of ketones is 1. The Labute approximate surface area is 116 Å². The van der Waals surface area contributed by atoms with Crippen LogP contribution in [-0.4, -0.2) is 24.7 Å². The number of nitrogens with zero attached hydrogens (tertiary/aromatic N) is 1. The minimum Gasteiger partial charge on any atom is -0.501 e. The van der Waals surface area contributed by atoms with Crippen molar-refractivity contribution >= 4 is 28.9 Å². The molecule has 0 saturated carbocycles. The van der Waals surface area contributed by atoms with Gasteiger partial charge in [0.05, 0.1) is 18.4 Å². The van der Waals surface area contributed by atoms with E-state index in [1.165, 1.54) is 21.0 Å². The van der Waals surface area contributed by atoms with Crippen molar-refractivity contribution in [3.05, 3.63) is 35.1 Å². The van der Waals surface area contributed by atoms with Crippen molar-refractivity contribution in [2.45, 2.75) is 20.8 Å². The topological polar surface area (TPSA) is 63.7 Å². The first-order valence-electron chi connectivity index (χ1n) is 6.13. The molecule has 0 saturated heterocycles. The van der Waals surface area contributed by atoms with Crippen LogP contribution in [0.3, 0.4) is 0 Å². The molecule has 1 aliphatic heterocycles. The van der Waals surface area contributed by atoms with Crippen LogP contribution in [0.25, 0.3) is 5.57 Å². The molecule has 0 fully saturated rings. The van der Waals surface area contributed by atoms with E-state index in [2.05, 4.69) is 0 Å². The summed E-state index contributed by atoms with van der Waals surface area (Å²) in [7, 11) is 1.46. The van der Waals surface area contributed by atoms with E-state index in [1.807, 2.05) is 0 Å². The average Bonchev–Trinajstić information content (AvgIpc) is 2.68. The van der Waals surface area contributed by atoms with Crippen molar-refractivity contribution in [2.75, 3.05) is 12.0 Å². The lowest BCUT2D eigenvalue weighted by molar-refractivity contribution is -0.122. The van der Waals surface area contributed by atoms with Crippen LogP contribution < -0.4 is 4.90 Å². The standard InChI is InChI=1S/C15H15NO4/c1-8(17)11-5-6-13-12(7-11)14(9(2)20-4)15(19)16(13)10(3)18/h5-7H,1-4H3/b14-9+. The average molecular weight is 273 g/mol. The molecule has 0 atom stereocenters. The predicted molar refractivity (Wildman–Crippen MR) is 74.2 cm³/mol. The summed E-state index contributed by atoms with van der Waals surface area (Å²) in [5, 5.41) is 0. The van der Waals surface area contributed by atoms with Gasteiger partial charge in [-0.3, -0.25) is 14.4 Å². The molecule has 0 bridgehead atoms. The van der Waals surface area contributed by atoms with E-state index in [0.29, 0.717) is 28.1 Å². The van der Waals surface area contributed by atoms with E-state index in [9.17, 15) is 14.4 Å². The summed E-state index contributed by atoms with van der Waals surface area (Å²) < 4.78 is 5.13. The molecule has 1 aliphatic rings. The second kappa shape index (κ2) is 4.92. The summed E-state index contributed by atoms with van der Waals surface area (Å²) >= 11 is 0. The zero-order valence-corrected chi connectivity index (χ0v) is 11.8. The number of Topliss-reactive ketones (excluding diaryl/α,β-unsaturated/α-hetero) is 1. The number of anilines is 1. The second-order valence-electron chi connectivity index (χ2n) is 4.58. The number of imide groups is 1. The lowest BCUT2D eigenvalue weighted by atomic mass is 10.0. The molecule has 20 heavy (non-hydrogen) atoms. The van der Waals surface area contributed by atoms with Crippen LogP contribution in [0.1, 0.15) is 36.7 Å². The van der Waals surface area contributed by atoms with Crippen LogP contribution in [0, 0.1) is 0 Å². The van der Waals surface area contributed by atoms with Gasteiger partial charge in [0.15, 0.2) is 5.78 Å². The van der Waals surface area contributed by atoms with E-state index < -0.39 is 5.91 Å². The third-order valence-corrected chi connectivity index (χ3v) is 3.30. The molecule has 0 spiro atoms. The van der Waals surface area contributed by atoms with Crippen molar-refractivity contribution in [1.82, 2.24) is 0 Å². The second-order valence-corrected chi connectivity index (χ2v) is 4.58. The molecule has 1 aromatic carbocycles. The number of ether oxygens (including phenoxy) is 1. The summed E-state index contributed by atoms with van der Waals surface area (Å²) in [4.78, 5) is 36.6. The van der Waals surface area contributed by atoms with Crippen LogP contribution in [0.5, 0.6) is 0 Å². The maximum Gasteiger partial charge on any atom is 0.269 e. The highest BCUT2D eigenvalue weighted by Crippen LogP contribution is 2.39. The number of amides is 2. The van der Waals surface area contributed by atoms with Gasteiger partial charge in [-0.05, 0) is 32.0 Å². The molecule has 1 heterocycles. The van der Waals surface area contributed by atoms with E-state index in [4.69, 9.17) is 4.74 Å². The van der Waals surface area contributed by atoms with Crippen LogP contribution in [0.2, 0.25) is 0 Å². The molecule has 2 rings (SSSR count). The van der Waals surface area contributed by atoms with Gasteiger partial charge < -0.3 is 4.74 Å². The normalized spacial score (nSPS) is 16.0. The van der Waals surface area contributed by atoms with Gasteiger partial charge >= 0.3 is 0 Å². The molecule has 5 nitrogen and oxygen atoms in total. The monoisotopic (exact) mass is 273 g/mol. The third-order valence-electron chi connectivity index (χ3n) is 3.30. The Morgan fingerprint density at radius 1 is 1.15 bits per heavy atom. The van der Waals surface area contributed by atoms with Gasteiger partial charge in [-0.15, -0.1) is 0 Å². The number of benzene rings is 1. The van der Waals surface area contributed by atoms with E-state index in [-0.39, 0.29) is 11.7 Å². The first-order valence-corrected chi connectivity index (χ1v) is 6.13. The number of carbonyl (C=O) groups excluding carboxylic acids is 3. The maximum absolute atomic E-state index is 12.4. The van der Waals surface area contributed by atoms with Gasteiger partial charge in [-0.2, -0.15) is 0 Å². The Kier molecular flexibility index (Phi) is 3.44. The number of hydrogen-bond acceptors (Lipinski definition) is 4. The number of methoxy groups -OCH3 is 1. The SMILES string of the molecule is CO/C(C)=C1/C(=O)N(C(C)=O)c2ccc(C(C)=O)cc21. The molecule has 2 amide bonds. The molecular weight excluding hydrogens is 258 g/mol. The fourth-order valence-corrected chi connectivity index (χ4v) is 2.24. The highest BCUT2D eigenvalue weighted by atomic mass is 16.5. The number of hydrogen-bond donors (Lipinski definition) is 0.